The summed E-state index contributed by atoms with van der Waals surface area (Å²) in [5, 5.41) is 1.01. The normalized spacial score (nSPS) is 19.1. The first kappa shape index (κ1) is 16.2. The van der Waals surface area contributed by atoms with E-state index in [0.717, 1.165) is 10.8 Å². The molecule has 2 aliphatic heterocycles. The number of hydrogen-bond acceptors (Lipinski definition) is 6. The number of piperazine rings is 1. The predicted octanol–water partition coefficient (Wildman–Crippen LogP) is 0.267. The van der Waals surface area contributed by atoms with Crippen molar-refractivity contribution in [1.29, 1.82) is 0 Å². The molecular weight excluding hydrogens is 316 g/mol. The summed E-state index contributed by atoms with van der Waals surface area (Å²) in [6, 6.07) is 0. The number of nitrogens with zero attached hydrogens (tertiary/aromatic N) is 4. The number of morpholine rings is 1. The lowest BCUT2D eigenvalue weighted by Crippen LogP contribution is -2.54. The highest BCUT2D eigenvalue weighted by Crippen LogP contribution is 2.26. The molecule has 0 spiro atoms. The van der Waals surface area contributed by atoms with E-state index in [1.807, 2.05) is 6.92 Å². The number of thiazole rings is 1. The minimum atomic E-state index is -0.400. The van der Waals surface area contributed by atoms with E-state index in [1.165, 1.54) is 4.88 Å². The number of ether oxygens (including phenoxy) is 1. The molecule has 0 saturated carbocycles. The number of carbonyl (C=O) groups excluding carboxylic acids is 2. The Morgan fingerprint density at radius 3 is 2.04 bits per heavy atom. The number of aryl methyl sites for hydroxylation is 2. The number of anilines is 1. The summed E-state index contributed by atoms with van der Waals surface area (Å²) in [6.45, 7) is 8.66. The van der Waals surface area contributed by atoms with Crippen LogP contribution in [0.25, 0.3) is 0 Å². The topological polar surface area (TPSA) is 66.0 Å². The van der Waals surface area contributed by atoms with Crippen LogP contribution in [0.5, 0.6) is 0 Å². The quantitative estimate of drug-likeness (QED) is 0.688. The number of hydrogen-bond donors (Lipinski definition) is 0. The minimum absolute atomic E-state index is 0.391. The molecular formula is C15H22N4O3S. The van der Waals surface area contributed by atoms with Crippen LogP contribution in [0.4, 0.5) is 5.13 Å². The summed E-state index contributed by atoms with van der Waals surface area (Å²) in [7, 11) is 0. The van der Waals surface area contributed by atoms with Gasteiger partial charge in [0.05, 0.1) is 18.9 Å². The van der Waals surface area contributed by atoms with Crippen molar-refractivity contribution in [1.82, 2.24) is 14.8 Å². The molecule has 2 aliphatic rings. The Morgan fingerprint density at radius 1 is 0.957 bits per heavy atom. The zero-order valence-electron chi connectivity index (χ0n) is 13.6. The first-order valence-corrected chi connectivity index (χ1v) is 8.73. The summed E-state index contributed by atoms with van der Waals surface area (Å²) in [5.74, 6) is -0.791. The van der Waals surface area contributed by atoms with Crippen molar-refractivity contribution in [3.05, 3.63) is 10.6 Å². The molecule has 3 rings (SSSR count). The van der Waals surface area contributed by atoms with E-state index in [2.05, 4.69) is 16.8 Å². The molecule has 0 N–H and O–H groups in total. The van der Waals surface area contributed by atoms with Crippen molar-refractivity contribution in [3.63, 3.8) is 0 Å². The Hall–Kier alpha value is -1.67. The molecule has 0 bridgehead atoms. The summed E-state index contributed by atoms with van der Waals surface area (Å²) < 4.78 is 5.22. The predicted molar refractivity (Wildman–Crippen MR) is 87.8 cm³/mol. The van der Waals surface area contributed by atoms with Crippen LogP contribution in [0, 0.1) is 13.8 Å². The van der Waals surface area contributed by atoms with E-state index in [4.69, 9.17) is 4.74 Å². The molecule has 0 aliphatic carbocycles. The molecule has 2 fully saturated rings. The Labute approximate surface area is 139 Å². The average molecular weight is 338 g/mol. The lowest BCUT2D eigenvalue weighted by Gasteiger charge is -2.35. The van der Waals surface area contributed by atoms with Gasteiger partial charge in [-0.25, -0.2) is 4.98 Å². The lowest BCUT2D eigenvalue weighted by atomic mass is 10.3. The van der Waals surface area contributed by atoms with Gasteiger partial charge in [-0.1, -0.05) is 0 Å². The molecule has 2 amide bonds. The third-order valence-electron chi connectivity index (χ3n) is 4.34. The zero-order valence-corrected chi connectivity index (χ0v) is 14.4. The van der Waals surface area contributed by atoms with Crippen molar-refractivity contribution < 1.29 is 14.3 Å². The van der Waals surface area contributed by atoms with E-state index < -0.39 is 11.8 Å². The summed E-state index contributed by atoms with van der Waals surface area (Å²) in [6.07, 6.45) is 0. The maximum absolute atomic E-state index is 12.4. The van der Waals surface area contributed by atoms with Crippen molar-refractivity contribution in [2.75, 3.05) is 57.4 Å². The van der Waals surface area contributed by atoms with Gasteiger partial charge in [0.2, 0.25) is 0 Å². The van der Waals surface area contributed by atoms with Crippen molar-refractivity contribution >= 4 is 28.3 Å². The molecule has 0 aromatic carbocycles. The molecule has 0 unspecified atom stereocenters. The van der Waals surface area contributed by atoms with Crippen LogP contribution in [0.3, 0.4) is 0 Å². The summed E-state index contributed by atoms with van der Waals surface area (Å²) in [4.78, 5) is 35.8. The van der Waals surface area contributed by atoms with Gasteiger partial charge >= 0.3 is 11.8 Å². The van der Waals surface area contributed by atoms with E-state index >= 15 is 0 Å². The van der Waals surface area contributed by atoms with Gasteiger partial charge in [0.25, 0.3) is 0 Å². The van der Waals surface area contributed by atoms with Gasteiger partial charge in [-0.2, -0.15) is 0 Å². The van der Waals surface area contributed by atoms with Gasteiger partial charge in [-0.15, -0.1) is 11.3 Å². The second-order valence-electron chi connectivity index (χ2n) is 5.82. The van der Waals surface area contributed by atoms with E-state index in [-0.39, 0.29) is 0 Å². The lowest BCUT2D eigenvalue weighted by molar-refractivity contribution is -0.154. The van der Waals surface area contributed by atoms with Crippen LogP contribution in [-0.2, 0) is 14.3 Å². The molecule has 126 valence electrons. The molecule has 8 heteroatoms. The molecule has 0 atom stereocenters. The standard InChI is InChI=1S/C15H22N4O3S/c1-11-12(2)23-15(16-11)19-5-3-17(4-6-19)13(20)14(21)18-7-9-22-10-8-18/h3-10H2,1-2H3. The molecule has 1 aromatic heterocycles. The fourth-order valence-corrected chi connectivity index (χ4v) is 3.69. The summed E-state index contributed by atoms with van der Waals surface area (Å²) >= 11 is 1.68. The van der Waals surface area contributed by atoms with Gasteiger partial charge in [0.15, 0.2) is 5.13 Å². The Balaban J connectivity index is 1.55. The van der Waals surface area contributed by atoms with Crippen LogP contribution in [-0.4, -0.2) is 79.1 Å². The van der Waals surface area contributed by atoms with Crippen LogP contribution < -0.4 is 4.90 Å². The average Bonchev–Trinajstić information content (AvgIpc) is 2.93. The van der Waals surface area contributed by atoms with Gasteiger partial charge in [0, 0.05) is 44.1 Å². The fraction of sp³-hybridized carbons (Fsp3) is 0.667. The molecule has 23 heavy (non-hydrogen) atoms. The molecule has 7 nitrogen and oxygen atoms in total. The van der Waals surface area contributed by atoms with Crippen LogP contribution in [0.1, 0.15) is 10.6 Å². The van der Waals surface area contributed by atoms with Gasteiger partial charge in [-0.05, 0) is 13.8 Å². The number of amides is 2. The first-order valence-electron chi connectivity index (χ1n) is 7.91. The molecule has 0 radical (unpaired) electrons. The highest BCUT2D eigenvalue weighted by Gasteiger charge is 2.30. The maximum Gasteiger partial charge on any atom is 0.312 e. The number of carbonyl (C=O) groups is 2. The van der Waals surface area contributed by atoms with E-state index in [1.54, 1.807) is 21.1 Å². The van der Waals surface area contributed by atoms with Crippen LogP contribution in [0.15, 0.2) is 0 Å². The highest BCUT2D eigenvalue weighted by atomic mass is 32.1. The Morgan fingerprint density at radius 2 is 1.52 bits per heavy atom. The van der Waals surface area contributed by atoms with Crippen molar-refractivity contribution in [2.45, 2.75) is 13.8 Å². The van der Waals surface area contributed by atoms with Gasteiger partial charge in [-0.3, -0.25) is 9.59 Å². The molecule has 2 saturated heterocycles. The SMILES string of the molecule is Cc1nc(N2CCN(C(=O)C(=O)N3CCOCC3)CC2)sc1C. The third-order valence-corrected chi connectivity index (χ3v) is 5.47. The van der Waals surface area contributed by atoms with E-state index in [9.17, 15) is 9.59 Å². The second-order valence-corrected chi connectivity index (χ2v) is 7.00. The fourth-order valence-electron chi connectivity index (χ4n) is 2.73. The summed E-state index contributed by atoms with van der Waals surface area (Å²) in [5.41, 5.74) is 1.06. The van der Waals surface area contributed by atoms with Gasteiger partial charge in [0.1, 0.15) is 0 Å². The molecule has 3 heterocycles. The van der Waals surface area contributed by atoms with Crippen LogP contribution in [0.2, 0.25) is 0 Å². The maximum atomic E-state index is 12.4. The smallest absolute Gasteiger partial charge is 0.312 e. The zero-order chi connectivity index (χ0) is 16.4. The first-order chi connectivity index (χ1) is 11.1. The van der Waals surface area contributed by atoms with Crippen molar-refractivity contribution in [3.8, 4) is 0 Å². The monoisotopic (exact) mass is 338 g/mol. The molecule has 1 aromatic rings. The number of aromatic nitrogens is 1. The Kier molecular flexibility index (Phi) is 4.82. The highest BCUT2D eigenvalue weighted by molar-refractivity contribution is 7.15. The van der Waals surface area contributed by atoms with Gasteiger partial charge < -0.3 is 19.4 Å². The largest absolute Gasteiger partial charge is 0.378 e. The third kappa shape index (κ3) is 3.48. The minimum Gasteiger partial charge on any atom is -0.378 e. The second kappa shape index (κ2) is 6.84. The van der Waals surface area contributed by atoms with Crippen LogP contribution >= 0.6 is 11.3 Å². The van der Waals surface area contributed by atoms with E-state index in [0.29, 0.717) is 52.5 Å². The number of rotatable bonds is 1. The Bertz CT molecular complexity index is 570. The van der Waals surface area contributed by atoms with Crippen molar-refractivity contribution in [2.24, 2.45) is 0 Å².